The Morgan fingerprint density at radius 3 is 2.65 bits per heavy atom. The standard InChI is InChI=1S/C11H11F3N2O/c1-8(7-9-3-2-6-17-9)10(16,4-5-15)11(12,13)14/h2-3,6-7H,4,16H2,1H3/b8-7+. The Labute approximate surface area is 96.3 Å². The summed E-state index contributed by atoms with van der Waals surface area (Å²) in [6, 6.07) is 4.52. The normalized spacial score (nSPS) is 16.4. The number of hydrogen-bond acceptors (Lipinski definition) is 3. The molecule has 0 bridgehead atoms. The highest BCUT2D eigenvalue weighted by molar-refractivity contribution is 5.51. The molecule has 0 aliphatic carbocycles. The summed E-state index contributed by atoms with van der Waals surface area (Å²) in [5, 5.41) is 8.46. The fraction of sp³-hybridized carbons (Fsp3) is 0.364. The molecule has 6 heteroatoms. The van der Waals surface area contributed by atoms with Gasteiger partial charge in [-0.05, 0) is 30.7 Å². The first-order valence-corrected chi connectivity index (χ1v) is 4.76. The lowest BCUT2D eigenvalue weighted by Gasteiger charge is -2.30. The molecular weight excluding hydrogens is 233 g/mol. The molecular formula is C11H11F3N2O. The second-order valence-electron chi connectivity index (χ2n) is 3.65. The first kappa shape index (κ1) is 13.3. The van der Waals surface area contributed by atoms with Crippen LogP contribution < -0.4 is 5.73 Å². The van der Waals surface area contributed by atoms with Crippen LogP contribution in [0.2, 0.25) is 0 Å². The summed E-state index contributed by atoms with van der Waals surface area (Å²) in [5.74, 6) is 0.263. The number of rotatable bonds is 3. The Morgan fingerprint density at radius 2 is 2.24 bits per heavy atom. The fourth-order valence-electron chi connectivity index (χ4n) is 1.30. The molecule has 1 aromatic rings. The Hall–Kier alpha value is -1.74. The molecule has 0 radical (unpaired) electrons. The number of alkyl halides is 3. The van der Waals surface area contributed by atoms with Crippen LogP contribution in [-0.2, 0) is 0 Å². The van der Waals surface area contributed by atoms with Crippen molar-refractivity contribution in [2.24, 2.45) is 5.73 Å². The largest absolute Gasteiger partial charge is 0.465 e. The molecule has 1 rings (SSSR count). The van der Waals surface area contributed by atoms with E-state index >= 15 is 0 Å². The van der Waals surface area contributed by atoms with Gasteiger partial charge in [-0.1, -0.05) is 0 Å². The van der Waals surface area contributed by atoms with Crippen molar-refractivity contribution in [2.75, 3.05) is 0 Å². The van der Waals surface area contributed by atoms with Crippen LogP contribution >= 0.6 is 0 Å². The summed E-state index contributed by atoms with van der Waals surface area (Å²) < 4.78 is 43.4. The van der Waals surface area contributed by atoms with E-state index in [0.717, 1.165) is 0 Å². The third-order valence-electron chi connectivity index (χ3n) is 2.47. The molecule has 1 unspecified atom stereocenters. The minimum atomic E-state index is -4.68. The first-order chi connectivity index (χ1) is 7.81. The fourth-order valence-corrected chi connectivity index (χ4v) is 1.30. The molecule has 0 aliphatic rings. The Morgan fingerprint density at radius 1 is 1.59 bits per heavy atom. The van der Waals surface area contributed by atoms with Crippen LogP contribution in [-0.4, -0.2) is 11.7 Å². The third kappa shape index (κ3) is 2.68. The highest BCUT2D eigenvalue weighted by Gasteiger charge is 2.53. The molecule has 2 N–H and O–H groups in total. The predicted molar refractivity (Wildman–Crippen MR) is 55.6 cm³/mol. The van der Waals surface area contributed by atoms with Gasteiger partial charge >= 0.3 is 6.18 Å². The number of halogens is 3. The molecule has 0 aromatic carbocycles. The molecule has 0 fully saturated rings. The summed E-state index contributed by atoms with van der Waals surface area (Å²) in [5.41, 5.74) is 2.48. The lowest BCUT2D eigenvalue weighted by molar-refractivity contribution is -0.173. The highest BCUT2D eigenvalue weighted by Crippen LogP contribution is 2.37. The quantitative estimate of drug-likeness (QED) is 0.889. The van der Waals surface area contributed by atoms with Gasteiger partial charge in [0.15, 0.2) is 0 Å². The monoisotopic (exact) mass is 244 g/mol. The average molecular weight is 244 g/mol. The number of hydrogen-bond donors (Lipinski definition) is 1. The van der Waals surface area contributed by atoms with Gasteiger partial charge < -0.3 is 10.2 Å². The first-order valence-electron chi connectivity index (χ1n) is 4.76. The zero-order chi connectivity index (χ0) is 13.1. The summed E-state index contributed by atoms with van der Waals surface area (Å²) >= 11 is 0. The Kier molecular flexibility index (Phi) is 3.63. The van der Waals surface area contributed by atoms with Crippen LogP contribution in [0.1, 0.15) is 19.1 Å². The van der Waals surface area contributed by atoms with Gasteiger partial charge in [0.1, 0.15) is 11.3 Å². The molecule has 0 aliphatic heterocycles. The second-order valence-corrected chi connectivity index (χ2v) is 3.65. The van der Waals surface area contributed by atoms with Gasteiger partial charge in [-0.2, -0.15) is 18.4 Å². The molecule has 1 aromatic heterocycles. The minimum absolute atomic E-state index is 0.165. The molecule has 1 heterocycles. The van der Waals surface area contributed by atoms with Gasteiger partial charge in [0, 0.05) is 0 Å². The molecule has 0 saturated carbocycles. The number of nitriles is 1. The minimum Gasteiger partial charge on any atom is -0.465 e. The van der Waals surface area contributed by atoms with E-state index in [1.54, 1.807) is 6.07 Å². The molecule has 0 saturated heterocycles. The van der Waals surface area contributed by atoms with Crippen LogP contribution in [0.5, 0.6) is 0 Å². The smallest absolute Gasteiger partial charge is 0.411 e. The number of nitrogens with two attached hydrogens (primary N) is 1. The zero-order valence-corrected chi connectivity index (χ0v) is 9.08. The van der Waals surface area contributed by atoms with Crippen molar-refractivity contribution >= 4 is 6.08 Å². The summed E-state index contributed by atoms with van der Waals surface area (Å²) in [6.45, 7) is 1.23. The molecule has 0 amide bonds. The van der Waals surface area contributed by atoms with Crippen molar-refractivity contribution in [3.05, 3.63) is 29.7 Å². The maximum Gasteiger partial charge on any atom is 0.411 e. The van der Waals surface area contributed by atoms with E-state index in [2.05, 4.69) is 0 Å². The van der Waals surface area contributed by atoms with Crippen LogP contribution in [0.25, 0.3) is 6.08 Å². The third-order valence-corrected chi connectivity index (χ3v) is 2.47. The van der Waals surface area contributed by atoms with Crippen molar-refractivity contribution in [3.8, 4) is 6.07 Å². The van der Waals surface area contributed by atoms with Gasteiger partial charge in [0.2, 0.25) is 0 Å². The van der Waals surface area contributed by atoms with E-state index in [-0.39, 0.29) is 11.3 Å². The van der Waals surface area contributed by atoms with Crippen molar-refractivity contribution in [3.63, 3.8) is 0 Å². The lowest BCUT2D eigenvalue weighted by Crippen LogP contribution is -2.54. The van der Waals surface area contributed by atoms with E-state index in [9.17, 15) is 13.2 Å². The Balaban J connectivity index is 3.13. The molecule has 17 heavy (non-hydrogen) atoms. The van der Waals surface area contributed by atoms with Crippen molar-refractivity contribution in [1.29, 1.82) is 5.26 Å². The zero-order valence-electron chi connectivity index (χ0n) is 9.08. The maximum absolute atomic E-state index is 12.8. The SMILES string of the molecule is C/C(=C\c1ccco1)C(N)(CC#N)C(F)(F)F. The lowest BCUT2D eigenvalue weighted by atomic mass is 9.87. The van der Waals surface area contributed by atoms with E-state index in [4.69, 9.17) is 15.4 Å². The summed E-state index contributed by atoms with van der Waals surface area (Å²) in [4.78, 5) is 0. The van der Waals surface area contributed by atoms with E-state index in [1.807, 2.05) is 0 Å². The van der Waals surface area contributed by atoms with E-state index in [1.165, 1.54) is 31.4 Å². The topological polar surface area (TPSA) is 62.9 Å². The van der Waals surface area contributed by atoms with Crippen molar-refractivity contribution in [1.82, 2.24) is 0 Å². The van der Waals surface area contributed by atoms with E-state index < -0.39 is 18.1 Å². The van der Waals surface area contributed by atoms with Gasteiger partial charge in [-0.25, -0.2) is 0 Å². The molecule has 0 spiro atoms. The van der Waals surface area contributed by atoms with Crippen molar-refractivity contribution in [2.45, 2.75) is 25.1 Å². The number of furan rings is 1. The van der Waals surface area contributed by atoms with Gasteiger partial charge in [0.25, 0.3) is 0 Å². The van der Waals surface area contributed by atoms with Crippen LogP contribution in [0, 0.1) is 11.3 Å². The highest BCUT2D eigenvalue weighted by atomic mass is 19.4. The average Bonchev–Trinajstić information content (AvgIpc) is 2.68. The summed E-state index contributed by atoms with van der Waals surface area (Å²) in [6.07, 6.45) is -2.99. The van der Waals surface area contributed by atoms with Crippen LogP contribution in [0.4, 0.5) is 13.2 Å². The summed E-state index contributed by atoms with van der Waals surface area (Å²) in [7, 11) is 0. The number of nitrogens with zero attached hydrogens (tertiary/aromatic N) is 1. The van der Waals surface area contributed by atoms with Gasteiger partial charge in [-0.15, -0.1) is 0 Å². The van der Waals surface area contributed by atoms with Crippen LogP contribution in [0.15, 0.2) is 28.4 Å². The van der Waals surface area contributed by atoms with Crippen molar-refractivity contribution < 1.29 is 17.6 Å². The van der Waals surface area contributed by atoms with Crippen LogP contribution in [0.3, 0.4) is 0 Å². The predicted octanol–water partition coefficient (Wildman–Crippen LogP) is 2.86. The van der Waals surface area contributed by atoms with E-state index in [0.29, 0.717) is 0 Å². The van der Waals surface area contributed by atoms with Gasteiger partial charge in [-0.3, -0.25) is 0 Å². The molecule has 1 atom stereocenters. The maximum atomic E-state index is 12.8. The Bertz CT molecular complexity index is 442. The second kappa shape index (κ2) is 4.63. The molecule has 92 valence electrons. The van der Waals surface area contributed by atoms with Gasteiger partial charge in [0.05, 0.1) is 18.8 Å². The molecule has 3 nitrogen and oxygen atoms in total.